The molecule has 1 N–H and O–H groups in total. The monoisotopic (exact) mass is 293 g/mol. The van der Waals surface area contributed by atoms with Crippen molar-refractivity contribution in [2.45, 2.75) is 12.8 Å². The molecular formula is C15H25N4O2+. The predicted molar refractivity (Wildman–Crippen MR) is 84.0 cm³/mol. The minimum atomic E-state index is -0.0959. The lowest BCUT2D eigenvalue weighted by molar-refractivity contribution is -0.870. The van der Waals surface area contributed by atoms with Crippen molar-refractivity contribution < 1.29 is 9.28 Å². The van der Waals surface area contributed by atoms with Crippen molar-refractivity contribution in [3.63, 3.8) is 0 Å². The third kappa shape index (κ3) is 6.35. The zero-order chi connectivity index (χ0) is 15.9. The molecule has 21 heavy (non-hydrogen) atoms. The van der Waals surface area contributed by atoms with Crippen LogP contribution < -0.4 is 5.32 Å². The molecular weight excluding hydrogens is 268 g/mol. The van der Waals surface area contributed by atoms with E-state index in [0.29, 0.717) is 17.8 Å². The summed E-state index contributed by atoms with van der Waals surface area (Å²) < 4.78 is 0.937. The van der Waals surface area contributed by atoms with E-state index < -0.39 is 0 Å². The van der Waals surface area contributed by atoms with Crippen LogP contribution in [0.1, 0.15) is 12.8 Å². The van der Waals surface area contributed by atoms with Crippen LogP contribution in [0, 0.1) is 4.91 Å². The zero-order valence-electron chi connectivity index (χ0n) is 13.3. The molecule has 0 aromatic carbocycles. The van der Waals surface area contributed by atoms with E-state index in [-0.39, 0.29) is 5.91 Å². The molecule has 0 atom stereocenters. The number of nitrogens with zero attached hydrogens (tertiary/aromatic N) is 3. The second kappa shape index (κ2) is 7.73. The number of unbranched alkanes of at least 4 members (excludes halogenated alkanes) is 1. The minimum absolute atomic E-state index is 0.0959. The van der Waals surface area contributed by atoms with Crippen LogP contribution in [0.25, 0.3) is 0 Å². The number of rotatable bonds is 7. The fourth-order valence-electron chi connectivity index (χ4n) is 1.96. The molecule has 0 spiro atoms. The number of quaternary nitrogens is 1. The van der Waals surface area contributed by atoms with Crippen LogP contribution in [0.2, 0.25) is 0 Å². The molecule has 0 fully saturated rings. The smallest absolute Gasteiger partial charge is 0.252 e. The summed E-state index contributed by atoms with van der Waals surface area (Å²) in [6.07, 6.45) is 8.35. The second-order valence-corrected chi connectivity index (χ2v) is 6.16. The Morgan fingerprint density at radius 3 is 2.62 bits per heavy atom. The first-order chi connectivity index (χ1) is 9.83. The molecule has 6 heteroatoms. The van der Waals surface area contributed by atoms with Crippen LogP contribution in [0.3, 0.4) is 0 Å². The molecule has 0 aromatic heterocycles. The first-order valence-corrected chi connectivity index (χ1v) is 7.07. The number of hydrogen-bond donors (Lipinski definition) is 1. The van der Waals surface area contributed by atoms with E-state index in [9.17, 15) is 9.70 Å². The molecule has 0 unspecified atom stereocenters. The standard InChI is InChI=1S/C15H24N4O2/c1-18-12-13(7-8-14(18)11-17-21)15(20)16-9-5-6-10-19(2,3)4/h7-8,11-12H,5-6,9-10H2,1-4H3/p+1. The second-order valence-electron chi connectivity index (χ2n) is 6.16. The van der Waals surface area contributed by atoms with E-state index >= 15 is 0 Å². The quantitative estimate of drug-likeness (QED) is 0.440. The van der Waals surface area contributed by atoms with Crippen LogP contribution in [-0.2, 0) is 4.79 Å². The average molecular weight is 293 g/mol. The summed E-state index contributed by atoms with van der Waals surface area (Å²) in [5.74, 6) is -0.0959. The van der Waals surface area contributed by atoms with Crippen LogP contribution >= 0.6 is 0 Å². The Bertz CT molecular complexity index is 473. The lowest BCUT2D eigenvalue weighted by Gasteiger charge is -2.23. The molecule has 1 amide bonds. The van der Waals surface area contributed by atoms with E-state index in [0.717, 1.165) is 23.9 Å². The minimum Gasteiger partial charge on any atom is -0.352 e. The highest BCUT2D eigenvalue weighted by molar-refractivity contribution is 5.96. The molecule has 1 aliphatic rings. The first kappa shape index (κ1) is 17.1. The molecule has 0 aromatic rings. The van der Waals surface area contributed by atoms with E-state index in [4.69, 9.17) is 0 Å². The highest BCUT2D eigenvalue weighted by atomic mass is 16.2. The number of amides is 1. The van der Waals surface area contributed by atoms with Gasteiger partial charge in [0.2, 0.25) is 0 Å². The first-order valence-electron chi connectivity index (χ1n) is 7.07. The topological polar surface area (TPSA) is 61.8 Å². The molecule has 0 saturated heterocycles. The van der Waals surface area contributed by atoms with Gasteiger partial charge in [-0.3, -0.25) is 4.79 Å². The van der Waals surface area contributed by atoms with Gasteiger partial charge in [0.1, 0.15) is 0 Å². The van der Waals surface area contributed by atoms with Crippen molar-refractivity contribution in [3.05, 3.63) is 40.7 Å². The van der Waals surface area contributed by atoms with E-state index in [1.165, 1.54) is 6.20 Å². The normalized spacial score (nSPS) is 16.9. The van der Waals surface area contributed by atoms with Gasteiger partial charge in [0.15, 0.2) is 0 Å². The Morgan fingerprint density at radius 2 is 2.05 bits per heavy atom. The molecule has 0 aliphatic carbocycles. The zero-order valence-corrected chi connectivity index (χ0v) is 13.3. The van der Waals surface area contributed by atoms with Gasteiger partial charge < -0.3 is 14.7 Å². The highest BCUT2D eigenvalue weighted by Gasteiger charge is 2.13. The fraction of sp³-hybridized carbons (Fsp3) is 0.533. The summed E-state index contributed by atoms with van der Waals surface area (Å²) in [4.78, 5) is 23.9. The predicted octanol–water partition coefficient (Wildman–Crippen LogP) is 1.58. The number of hydrogen-bond acceptors (Lipinski definition) is 4. The van der Waals surface area contributed by atoms with Gasteiger partial charge in [0.05, 0.1) is 45.2 Å². The SMILES string of the molecule is CN1C=C(C(=O)NCCCC[N+](C)(C)C)C=CC1=CN=O. The van der Waals surface area contributed by atoms with Crippen molar-refractivity contribution in [3.8, 4) is 0 Å². The van der Waals surface area contributed by atoms with Gasteiger partial charge in [-0.25, -0.2) is 0 Å². The molecule has 116 valence electrons. The lowest BCUT2D eigenvalue weighted by atomic mass is 10.1. The maximum Gasteiger partial charge on any atom is 0.252 e. The van der Waals surface area contributed by atoms with Crippen LogP contribution in [0.4, 0.5) is 0 Å². The van der Waals surface area contributed by atoms with Gasteiger partial charge in [-0.2, -0.15) is 0 Å². The number of nitroso groups, excluding NO2 is 1. The van der Waals surface area contributed by atoms with Gasteiger partial charge in [0.25, 0.3) is 5.91 Å². The summed E-state index contributed by atoms with van der Waals surface area (Å²) in [5, 5.41) is 5.64. The summed E-state index contributed by atoms with van der Waals surface area (Å²) in [5.41, 5.74) is 1.23. The Kier molecular flexibility index (Phi) is 6.30. The van der Waals surface area contributed by atoms with Gasteiger partial charge in [-0.1, -0.05) is 0 Å². The molecule has 1 heterocycles. The summed E-state index contributed by atoms with van der Waals surface area (Å²) in [6, 6.07) is 0. The van der Waals surface area contributed by atoms with Crippen molar-refractivity contribution in [1.29, 1.82) is 0 Å². The maximum atomic E-state index is 12.0. The van der Waals surface area contributed by atoms with E-state index in [1.54, 1.807) is 30.3 Å². The van der Waals surface area contributed by atoms with Crippen molar-refractivity contribution in [1.82, 2.24) is 10.2 Å². The third-order valence-corrected chi connectivity index (χ3v) is 3.16. The number of carbonyl (C=O) groups excluding carboxylic acids is 1. The van der Waals surface area contributed by atoms with Crippen LogP contribution in [0.15, 0.2) is 41.0 Å². The number of allylic oxidation sites excluding steroid dienone is 1. The molecule has 1 aliphatic heterocycles. The van der Waals surface area contributed by atoms with Gasteiger partial charge >= 0.3 is 0 Å². The van der Waals surface area contributed by atoms with Gasteiger partial charge in [-0.05, 0) is 30.2 Å². The number of likely N-dealkylation sites (N-methyl/N-ethyl adjacent to an activating group) is 1. The largest absolute Gasteiger partial charge is 0.352 e. The molecule has 1 rings (SSSR count). The Morgan fingerprint density at radius 1 is 1.33 bits per heavy atom. The van der Waals surface area contributed by atoms with Crippen molar-refractivity contribution >= 4 is 5.91 Å². The molecule has 6 nitrogen and oxygen atoms in total. The highest BCUT2D eigenvalue weighted by Crippen LogP contribution is 2.15. The Hall–Kier alpha value is -1.95. The van der Waals surface area contributed by atoms with Crippen molar-refractivity contribution in [2.24, 2.45) is 5.18 Å². The van der Waals surface area contributed by atoms with Gasteiger partial charge in [0, 0.05) is 19.8 Å². The summed E-state index contributed by atoms with van der Waals surface area (Å²) in [6.45, 7) is 1.76. The van der Waals surface area contributed by atoms with Gasteiger partial charge in [-0.15, -0.1) is 4.91 Å². The maximum absolute atomic E-state index is 12.0. The van der Waals surface area contributed by atoms with Crippen LogP contribution in [0.5, 0.6) is 0 Å². The van der Waals surface area contributed by atoms with Crippen molar-refractivity contribution in [2.75, 3.05) is 41.3 Å². The summed E-state index contributed by atoms with van der Waals surface area (Å²) >= 11 is 0. The lowest BCUT2D eigenvalue weighted by Crippen LogP contribution is -2.35. The molecule has 0 bridgehead atoms. The Labute approximate surface area is 126 Å². The Balaban J connectivity index is 2.37. The number of nitrogens with one attached hydrogen (secondary N) is 1. The third-order valence-electron chi connectivity index (χ3n) is 3.16. The van der Waals surface area contributed by atoms with Crippen LogP contribution in [-0.4, -0.2) is 56.6 Å². The average Bonchev–Trinajstić information content (AvgIpc) is 2.39. The fourth-order valence-corrected chi connectivity index (χ4v) is 1.96. The molecule has 0 radical (unpaired) electrons. The van der Waals surface area contributed by atoms with E-state index in [1.807, 2.05) is 0 Å². The number of carbonyl (C=O) groups is 1. The molecule has 0 saturated carbocycles. The summed E-state index contributed by atoms with van der Waals surface area (Å²) in [7, 11) is 8.25. The van der Waals surface area contributed by atoms with E-state index in [2.05, 4.69) is 31.6 Å².